The highest BCUT2D eigenvalue weighted by molar-refractivity contribution is 6.31. The molecule has 0 spiro atoms. The maximum atomic E-state index is 6.13. The number of hydrogen-bond donors (Lipinski definition) is 2. The summed E-state index contributed by atoms with van der Waals surface area (Å²) in [6, 6.07) is 14.5. The molecule has 0 aliphatic carbocycles. The van der Waals surface area contributed by atoms with Gasteiger partial charge in [-0.1, -0.05) is 41.4 Å². The average Bonchev–Trinajstić information content (AvgIpc) is 2.43. The van der Waals surface area contributed by atoms with Crippen LogP contribution in [-0.4, -0.2) is 6.61 Å². The predicted molar refractivity (Wildman–Crippen MR) is 78.5 cm³/mol. The van der Waals surface area contributed by atoms with E-state index in [9.17, 15) is 0 Å². The van der Waals surface area contributed by atoms with Crippen LogP contribution in [-0.2, 0) is 0 Å². The summed E-state index contributed by atoms with van der Waals surface area (Å²) < 4.78 is 5.66. The molecule has 19 heavy (non-hydrogen) atoms. The Morgan fingerprint density at radius 2 is 1.74 bits per heavy atom. The Bertz CT molecular complexity index is 531. The van der Waals surface area contributed by atoms with Crippen molar-refractivity contribution >= 4 is 23.2 Å². The third-order valence-corrected chi connectivity index (χ3v) is 3.31. The Morgan fingerprint density at radius 1 is 1.05 bits per heavy atom. The zero-order valence-corrected chi connectivity index (χ0v) is 11.7. The zero-order chi connectivity index (χ0) is 13.7. The highest BCUT2D eigenvalue weighted by Crippen LogP contribution is 2.23. The summed E-state index contributed by atoms with van der Waals surface area (Å²) in [5.74, 6) is 6.29. The van der Waals surface area contributed by atoms with Crippen molar-refractivity contribution in [2.75, 3.05) is 6.61 Å². The summed E-state index contributed by atoms with van der Waals surface area (Å²) >= 11 is 11.9. The predicted octanol–water partition coefficient (Wildman–Crippen LogP) is 3.58. The maximum absolute atomic E-state index is 6.13. The maximum Gasteiger partial charge on any atom is 0.119 e. The first-order chi connectivity index (χ1) is 9.20. The number of halogens is 2. The van der Waals surface area contributed by atoms with Gasteiger partial charge in [-0.05, 0) is 35.9 Å². The first kappa shape index (κ1) is 14.2. The van der Waals surface area contributed by atoms with Crippen LogP contribution in [0.25, 0.3) is 0 Å². The number of rotatable bonds is 5. The van der Waals surface area contributed by atoms with E-state index in [1.165, 1.54) is 0 Å². The van der Waals surface area contributed by atoms with Gasteiger partial charge in [-0.2, -0.15) is 0 Å². The molecule has 0 bridgehead atoms. The lowest BCUT2D eigenvalue weighted by atomic mass is 10.1. The molecule has 0 aliphatic heterocycles. The van der Waals surface area contributed by atoms with Crippen molar-refractivity contribution in [1.29, 1.82) is 0 Å². The second-order valence-corrected chi connectivity index (χ2v) is 4.85. The molecule has 0 saturated carbocycles. The van der Waals surface area contributed by atoms with Gasteiger partial charge in [0.2, 0.25) is 0 Å². The van der Waals surface area contributed by atoms with Crippen LogP contribution >= 0.6 is 23.2 Å². The second-order valence-electron chi connectivity index (χ2n) is 4.01. The van der Waals surface area contributed by atoms with Crippen LogP contribution < -0.4 is 16.0 Å². The normalized spacial score (nSPS) is 12.2. The molecule has 5 heteroatoms. The molecular formula is C14H14Cl2N2O. The van der Waals surface area contributed by atoms with Gasteiger partial charge in [0.05, 0.1) is 6.04 Å². The monoisotopic (exact) mass is 296 g/mol. The summed E-state index contributed by atoms with van der Waals surface area (Å²) in [6.45, 7) is 0.377. The standard InChI is InChI=1S/C14H14Cl2N2O/c15-10-5-7-11(8-6-10)19-9-14(18-17)12-3-1-2-4-13(12)16/h1-8,14,18H,9,17H2. The molecule has 0 saturated heterocycles. The SMILES string of the molecule is NNC(COc1ccc(Cl)cc1)c1ccccc1Cl. The smallest absolute Gasteiger partial charge is 0.119 e. The van der Waals surface area contributed by atoms with Crippen LogP contribution in [0.3, 0.4) is 0 Å². The highest BCUT2D eigenvalue weighted by atomic mass is 35.5. The van der Waals surface area contributed by atoms with E-state index >= 15 is 0 Å². The van der Waals surface area contributed by atoms with Crippen LogP contribution in [0.1, 0.15) is 11.6 Å². The van der Waals surface area contributed by atoms with Gasteiger partial charge in [0.25, 0.3) is 0 Å². The molecule has 1 unspecified atom stereocenters. The highest BCUT2D eigenvalue weighted by Gasteiger charge is 2.13. The van der Waals surface area contributed by atoms with Gasteiger partial charge in [-0.25, -0.2) is 5.43 Å². The van der Waals surface area contributed by atoms with Gasteiger partial charge in [-0.15, -0.1) is 0 Å². The fourth-order valence-electron chi connectivity index (χ4n) is 1.70. The minimum atomic E-state index is -0.177. The molecule has 100 valence electrons. The van der Waals surface area contributed by atoms with E-state index in [2.05, 4.69) is 5.43 Å². The molecule has 2 aromatic rings. The van der Waals surface area contributed by atoms with Gasteiger partial charge >= 0.3 is 0 Å². The summed E-state index contributed by atoms with van der Waals surface area (Å²) in [5, 5.41) is 1.33. The molecule has 0 fully saturated rings. The van der Waals surface area contributed by atoms with Crippen molar-refractivity contribution in [1.82, 2.24) is 5.43 Å². The molecule has 0 aromatic heterocycles. The lowest BCUT2D eigenvalue weighted by molar-refractivity contribution is 0.267. The fourth-order valence-corrected chi connectivity index (χ4v) is 2.09. The minimum Gasteiger partial charge on any atom is -0.492 e. The number of ether oxygens (including phenoxy) is 1. The Balaban J connectivity index is 2.04. The van der Waals surface area contributed by atoms with Gasteiger partial charge in [0, 0.05) is 10.0 Å². The van der Waals surface area contributed by atoms with E-state index in [-0.39, 0.29) is 6.04 Å². The molecule has 1 atom stereocenters. The largest absolute Gasteiger partial charge is 0.492 e. The zero-order valence-electron chi connectivity index (χ0n) is 10.1. The molecule has 0 radical (unpaired) electrons. The lowest BCUT2D eigenvalue weighted by Crippen LogP contribution is -2.32. The fraction of sp³-hybridized carbons (Fsp3) is 0.143. The summed E-state index contributed by atoms with van der Waals surface area (Å²) in [6.07, 6.45) is 0. The van der Waals surface area contributed by atoms with Crippen molar-refractivity contribution < 1.29 is 4.74 Å². The summed E-state index contributed by atoms with van der Waals surface area (Å²) in [7, 11) is 0. The summed E-state index contributed by atoms with van der Waals surface area (Å²) in [5.41, 5.74) is 3.61. The van der Waals surface area contributed by atoms with E-state index < -0.39 is 0 Å². The molecule has 2 rings (SSSR count). The molecule has 3 nitrogen and oxygen atoms in total. The number of hydrogen-bond acceptors (Lipinski definition) is 3. The third-order valence-electron chi connectivity index (χ3n) is 2.71. The topological polar surface area (TPSA) is 47.3 Å². The Hall–Kier alpha value is -1.26. The van der Waals surface area contributed by atoms with Crippen LogP contribution in [0.15, 0.2) is 48.5 Å². The first-order valence-corrected chi connectivity index (χ1v) is 6.55. The van der Waals surface area contributed by atoms with Gasteiger partial charge in [0.1, 0.15) is 12.4 Å². The summed E-state index contributed by atoms with van der Waals surface area (Å²) in [4.78, 5) is 0. The van der Waals surface area contributed by atoms with E-state index in [1.807, 2.05) is 36.4 Å². The van der Waals surface area contributed by atoms with Crippen molar-refractivity contribution in [2.45, 2.75) is 6.04 Å². The van der Waals surface area contributed by atoms with Crippen LogP contribution in [0, 0.1) is 0 Å². The lowest BCUT2D eigenvalue weighted by Gasteiger charge is -2.18. The number of hydrazine groups is 1. The average molecular weight is 297 g/mol. The Labute approximate surface area is 122 Å². The molecule has 0 aliphatic rings. The first-order valence-electron chi connectivity index (χ1n) is 5.79. The third kappa shape index (κ3) is 3.85. The van der Waals surface area contributed by atoms with Crippen molar-refractivity contribution in [3.05, 3.63) is 64.1 Å². The Kier molecular flexibility index (Phi) is 5.05. The number of benzene rings is 2. The number of nitrogens with two attached hydrogens (primary N) is 1. The van der Waals surface area contributed by atoms with Gasteiger partial charge in [-0.3, -0.25) is 5.84 Å². The van der Waals surface area contributed by atoms with Gasteiger partial charge < -0.3 is 4.74 Å². The van der Waals surface area contributed by atoms with Crippen molar-refractivity contribution in [2.24, 2.45) is 5.84 Å². The van der Waals surface area contributed by atoms with Crippen LogP contribution in [0.2, 0.25) is 10.0 Å². The van der Waals surface area contributed by atoms with E-state index in [0.717, 1.165) is 11.3 Å². The van der Waals surface area contributed by atoms with Crippen molar-refractivity contribution in [3.63, 3.8) is 0 Å². The van der Waals surface area contributed by atoms with Crippen LogP contribution in [0.4, 0.5) is 0 Å². The Morgan fingerprint density at radius 3 is 2.37 bits per heavy atom. The molecule has 2 aromatic carbocycles. The molecular weight excluding hydrogens is 283 g/mol. The molecule has 3 N–H and O–H groups in total. The van der Waals surface area contributed by atoms with Gasteiger partial charge in [0.15, 0.2) is 0 Å². The minimum absolute atomic E-state index is 0.177. The van der Waals surface area contributed by atoms with E-state index in [4.69, 9.17) is 33.8 Å². The molecule has 0 amide bonds. The van der Waals surface area contributed by atoms with E-state index in [0.29, 0.717) is 16.7 Å². The number of nitrogens with one attached hydrogen (secondary N) is 1. The van der Waals surface area contributed by atoms with E-state index in [1.54, 1.807) is 12.1 Å². The second kappa shape index (κ2) is 6.78. The van der Waals surface area contributed by atoms with Crippen LogP contribution in [0.5, 0.6) is 5.75 Å². The molecule has 0 heterocycles. The quantitative estimate of drug-likeness (QED) is 0.655. The van der Waals surface area contributed by atoms with Crippen molar-refractivity contribution in [3.8, 4) is 5.75 Å².